The van der Waals surface area contributed by atoms with Crippen LogP contribution in [0.4, 0.5) is 16.0 Å². The molecule has 0 saturated heterocycles. The molecule has 0 saturated carbocycles. The number of nitrogens with zero attached hydrogens (tertiary/aromatic N) is 3. The Kier molecular flexibility index (Phi) is 5.08. The highest BCUT2D eigenvalue weighted by molar-refractivity contribution is 8.00. The molecule has 0 spiro atoms. The predicted molar refractivity (Wildman–Crippen MR) is 97.2 cm³/mol. The van der Waals surface area contributed by atoms with Gasteiger partial charge in [0.05, 0.1) is 16.3 Å². The Morgan fingerprint density at radius 1 is 1.29 bits per heavy atom. The molecular formula is C16H16FN5S2. The monoisotopic (exact) mass is 361 g/mol. The first kappa shape index (κ1) is 16.8. The zero-order chi connectivity index (χ0) is 17.1. The van der Waals surface area contributed by atoms with E-state index in [-0.39, 0.29) is 12.4 Å². The lowest BCUT2D eigenvalue weighted by molar-refractivity contribution is 0.611. The summed E-state index contributed by atoms with van der Waals surface area (Å²) in [6.45, 7) is 2.11. The summed E-state index contributed by atoms with van der Waals surface area (Å²) in [6, 6.07) is 6.53. The van der Waals surface area contributed by atoms with Crippen molar-refractivity contribution in [3.63, 3.8) is 0 Å². The van der Waals surface area contributed by atoms with Crippen molar-refractivity contribution in [3.05, 3.63) is 47.5 Å². The average molecular weight is 361 g/mol. The molecule has 124 valence electrons. The molecule has 0 fully saturated rings. The highest BCUT2D eigenvalue weighted by Crippen LogP contribution is 2.33. The SMILES string of the molecule is CSc1nc(C)c(-c2ccnc(Nc3ccc(F)c(CN)c3)n2)s1. The van der Waals surface area contributed by atoms with Crippen molar-refractivity contribution in [1.29, 1.82) is 0 Å². The normalized spacial score (nSPS) is 10.8. The minimum atomic E-state index is -0.317. The number of benzene rings is 1. The van der Waals surface area contributed by atoms with E-state index in [1.54, 1.807) is 41.4 Å². The number of rotatable bonds is 5. The summed E-state index contributed by atoms with van der Waals surface area (Å²) in [5.41, 5.74) is 8.43. The van der Waals surface area contributed by atoms with Crippen LogP contribution in [0.2, 0.25) is 0 Å². The second kappa shape index (κ2) is 7.25. The molecule has 3 rings (SSSR count). The van der Waals surface area contributed by atoms with Crippen LogP contribution in [0.15, 0.2) is 34.8 Å². The van der Waals surface area contributed by atoms with Crippen molar-refractivity contribution < 1.29 is 4.39 Å². The van der Waals surface area contributed by atoms with E-state index < -0.39 is 0 Å². The zero-order valence-corrected chi connectivity index (χ0v) is 14.8. The van der Waals surface area contributed by atoms with Crippen LogP contribution in [0.25, 0.3) is 10.6 Å². The van der Waals surface area contributed by atoms with E-state index in [2.05, 4.69) is 20.3 Å². The van der Waals surface area contributed by atoms with Gasteiger partial charge in [0.2, 0.25) is 5.95 Å². The molecule has 0 amide bonds. The molecule has 2 aromatic heterocycles. The van der Waals surface area contributed by atoms with E-state index in [0.29, 0.717) is 17.2 Å². The third-order valence-corrected chi connectivity index (χ3v) is 5.53. The first-order chi connectivity index (χ1) is 11.6. The van der Waals surface area contributed by atoms with Gasteiger partial charge in [-0.15, -0.1) is 11.3 Å². The fraction of sp³-hybridized carbons (Fsp3) is 0.188. The standard InChI is InChI=1S/C16H16FN5S2/c1-9-14(24-16(20-9)23-2)13-5-6-19-15(22-13)21-11-3-4-12(17)10(7-11)8-18/h3-7H,8,18H2,1-2H3,(H,19,21,22). The quantitative estimate of drug-likeness (QED) is 0.670. The van der Waals surface area contributed by atoms with Crippen molar-refractivity contribution in [2.24, 2.45) is 5.73 Å². The Hall–Kier alpha value is -2.03. The van der Waals surface area contributed by atoms with Crippen LogP contribution in [0.1, 0.15) is 11.3 Å². The smallest absolute Gasteiger partial charge is 0.227 e. The molecule has 8 heteroatoms. The van der Waals surface area contributed by atoms with E-state index >= 15 is 0 Å². The van der Waals surface area contributed by atoms with Gasteiger partial charge < -0.3 is 11.1 Å². The Labute approximate surface area is 147 Å². The summed E-state index contributed by atoms with van der Waals surface area (Å²) < 4.78 is 14.5. The van der Waals surface area contributed by atoms with E-state index in [1.165, 1.54) is 6.07 Å². The molecule has 0 aliphatic heterocycles. The van der Waals surface area contributed by atoms with Gasteiger partial charge in [0, 0.05) is 24.0 Å². The van der Waals surface area contributed by atoms with Crippen LogP contribution in [0.5, 0.6) is 0 Å². The summed E-state index contributed by atoms with van der Waals surface area (Å²) in [4.78, 5) is 14.3. The van der Waals surface area contributed by atoms with E-state index in [9.17, 15) is 4.39 Å². The van der Waals surface area contributed by atoms with Crippen molar-refractivity contribution >= 4 is 34.7 Å². The average Bonchev–Trinajstić information content (AvgIpc) is 2.98. The zero-order valence-electron chi connectivity index (χ0n) is 13.2. The van der Waals surface area contributed by atoms with Gasteiger partial charge >= 0.3 is 0 Å². The maximum absolute atomic E-state index is 13.5. The Morgan fingerprint density at radius 3 is 2.83 bits per heavy atom. The fourth-order valence-electron chi connectivity index (χ4n) is 2.18. The summed E-state index contributed by atoms with van der Waals surface area (Å²) in [7, 11) is 0. The highest BCUT2D eigenvalue weighted by atomic mass is 32.2. The molecule has 3 N–H and O–H groups in total. The van der Waals surface area contributed by atoms with Crippen molar-refractivity contribution in [2.75, 3.05) is 11.6 Å². The second-order valence-electron chi connectivity index (χ2n) is 5.00. The molecule has 5 nitrogen and oxygen atoms in total. The molecule has 0 atom stereocenters. The lowest BCUT2D eigenvalue weighted by Gasteiger charge is -2.08. The largest absolute Gasteiger partial charge is 0.326 e. The lowest BCUT2D eigenvalue weighted by atomic mass is 10.2. The molecule has 0 unspecified atom stereocenters. The fourth-order valence-corrected chi connectivity index (χ4v) is 3.76. The van der Waals surface area contributed by atoms with Crippen LogP contribution < -0.4 is 11.1 Å². The van der Waals surface area contributed by atoms with Gasteiger partial charge in [-0.2, -0.15) is 0 Å². The van der Waals surface area contributed by atoms with Crippen molar-refractivity contribution in [2.45, 2.75) is 17.8 Å². The van der Waals surface area contributed by atoms with Gasteiger partial charge in [-0.05, 0) is 37.4 Å². The maximum Gasteiger partial charge on any atom is 0.227 e. The number of halogens is 1. The maximum atomic E-state index is 13.5. The van der Waals surface area contributed by atoms with Gasteiger partial charge in [0.25, 0.3) is 0 Å². The lowest BCUT2D eigenvalue weighted by Crippen LogP contribution is -2.02. The first-order valence-electron chi connectivity index (χ1n) is 7.21. The van der Waals surface area contributed by atoms with Gasteiger partial charge in [-0.3, -0.25) is 0 Å². The molecule has 1 aromatic carbocycles. The molecule has 3 aromatic rings. The third-order valence-electron chi connectivity index (χ3n) is 3.36. The number of aryl methyl sites for hydroxylation is 1. The number of nitrogens with one attached hydrogen (secondary N) is 1. The highest BCUT2D eigenvalue weighted by Gasteiger charge is 2.12. The molecular weight excluding hydrogens is 345 g/mol. The summed E-state index contributed by atoms with van der Waals surface area (Å²) in [5, 5.41) is 3.09. The first-order valence-corrected chi connectivity index (χ1v) is 9.25. The molecule has 0 aliphatic rings. The van der Waals surface area contributed by atoms with E-state index in [4.69, 9.17) is 5.73 Å². The number of nitrogens with two attached hydrogens (primary N) is 1. The minimum Gasteiger partial charge on any atom is -0.326 e. The van der Waals surface area contributed by atoms with Crippen LogP contribution in [0.3, 0.4) is 0 Å². The van der Waals surface area contributed by atoms with Crippen LogP contribution in [-0.4, -0.2) is 21.2 Å². The minimum absolute atomic E-state index is 0.139. The molecule has 0 bridgehead atoms. The Bertz CT molecular complexity index is 865. The number of hydrogen-bond donors (Lipinski definition) is 2. The summed E-state index contributed by atoms with van der Waals surface area (Å²) in [5.74, 6) is 0.128. The number of thiazole rings is 1. The number of aromatic nitrogens is 3. The van der Waals surface area contributed by atoms with Gasteiger partial charge in [0.1, 0.15) is 5.82 Å². The number of anilines is 2. The van der Waals surface area contributed by atoms with E-state index in [0.717, 1.165) is 20.6 Å². The van der Waals surface area contributed by atoms with Gasteiger partial charge in [0.15, 0.2) is 4.34 Å². The molecule has 2 heterocycles. The predicted octanol–water partition coefficient (Wildman–Crippen LogP) is 3.97. The topological polar surface area (TPSA) is 76.7 Å². The van der Waals surface area contributed by atoms with Crippen LogP contribution in [-0.2, 0) is 6.54 Å². The Morgan fingerprint density at radius 2 is 2.12 bits per heavy atom. The molecule has 0 radical (unpaired) electrons. The summed E-state index contributed by atoms with van der Waals surface area (Å²) in [6.07, 6.45) is 3.69. The van der Waals surface area contributed by atoms with Gasteiger partial charge in [-0.25, -0.2) is 19.3 Å². The van der Waals surface area contributed by atoms with Crippen molar-refractivity contribution in [3.8, 4) is 10.6 Å². The Balaban J connectivity index is 1.89. The summed E-state index contributed by atoms with van der Waals surface area (Å²) >= 11 is 3.22. The second-order valence-corrected chi connectivity index (χ2v) is 7.05. The molecule has 24 heavy (non-hydrogen) atoms. The van der Waals surface area contributed by atoms with Crippen LogP contribution >= 0.6 is 23.1 Å². The molecule has 0 aliphatic carbocycles. The van der Waals surface area contributed by atoms with Gasteiger partial charge in [-0.1, -0.05) is 11.8 Å². The van der Waals surface area contributed by atoms with Crippen LogP contribution in [0, 0.1) is 12.7 Å². The number of thioether (sulfide) groups is 1. The van der Waals surface area contributed by atoms with Crippen molar-refractivity contribution in [1.82, 2.24) is 15.0 Å². The number of hydrogen-bond acceptors (Lipinski definition) is 7. The van der Waals surface area contributed by atoms with E-state index in [1.807, 2.05) is 19.2 Å². The third kappa shape index (κ3) is 3.55.